The SMILES string of the molecule is Cc1ccc(C)c(NC(=O)c2ccc(N)nn2)c1. The second-order valence-electron chi connectivity index (χ2n) is 4.12. The Kier molecular flexibility index (Phi) is 3.23. The third kappa shape index (κ3) is 2.63. The number of nitrogen functional groups attached to an aromatic ring is 1. The number of nitrogens with zero attached hydrogens (tertiary/aromatic N) is 2. The van der Waals surface area contributed by atoms with Crippen molar-refractivity contribution in [2.75, 3.05) is 11.1 Å². The molecule has 0 radical (unpaired) electrons. The van der Waals surface area contributed by atoms with Crippen molar-refractivity contribution in [3.63, 3.8) is 0 Å². The van der Waals surface area contributed by atoms with Crippen molar-refractivity contribution in [3.8, 4) is 0 Å². The number of rotatable bonds is 2. The van der Waals surface area contributed by atoms with E-state index in [-0.39, 0.29) is 11.6 Å². The number of aromatic nitrogens is 2. The molecule has 0 unspecified atom stereocenters. The second kappa shape index (κ2) is 4.83. The molecule has 0 atom stereocenters. The van der Waals surface area contributed by atoms with E-state index >= 15 is 0 Å². The maximum atomic E-state index is 11.9. The fraction of sp³-hybridized carbons (Fsp3) is 0.154. The highest BCUT2D eigenvalue weighted by atomic mass is 16.1. The van der Waals surface area contributed by atoms with Crippen LogP contribution in [0.4, 0.5) is 11.5 Å². The first-order valence-corrected chi connectivity index (χ1v) is 5.54. The van der Waals surface area contributed by atoms with Crippen molar-refractivity contribution in [2.24, 2.45) is 0 Å². The second-order valence-corrected chi connectivity index (χ2v) is 4.12. The van der Waals surface area contributed by atoms with E-state index in [0.717, 1.165) is 16.8 Å². The summed E-state index contributed by atoms with van der Waals surface area (Å²) in [5.74, 6) is -0.00511. The average molecular weight is 242 g/mol. The van der Waals surface area contributed by atoms with Crippen molar-refractivity contribution < 1.29 is 4.79 Å². The van der Waals surface area contributed by atoms with E-state index in [4.69, 9.17) is 5.73 Å². The molecule has 0 saturated carbocycles. The maximum absolute atomic E-state index is 11.9. The molecular formula is C13H14N4O. The molecule has 0 bridgehead atoms. The third-order valence-corrected chi connectivity index (χ3v) is 2.56. The standard InChI is InChI=1S/C13H14N4O/c1-8-3-4-9(2)11(7-8)15-13(18)10-5-6-12(14)17-16-10/h3-7H,1-2H3,(H2,14,17)(H,15,18). The average Bonchev–Trinajstić information content (AvgIpc) is 2.34. The highest BCUT2D eigenvalue weighted by molar-refractivity contribution is 6.03. The minimum atomic E-state index is -0.295. The van der Waals surface area contributed by atoms with Gasteiger partial charge in [-0.05, 0) is 43.2 Å². The number of nitrogens with one attached hydrogen (secondary N) is 1. The molecule has 1 aromatic heterocycles. The summed E-state index contributed by atoms with van der Waals surface area (Å²) in [6.45, 7) is 3.90. The van der Waals surface area contributed by atoms with Gasteiger partial charge < -0.3 is 11.1 Å². The molecule has 1 amide bonds. The summed E-state index contributed by atoms with van der Waals surface area (Å²) < 4.78 is 0. The van der Waals surface area contributed by atoms with Crippen molar-refractivity contribution in [1.82, 2.24) is 10.2 Å². The van der Waals surface area contributed by atoms with Gasteiger partial charge in [-0.25, -0.2) is 0 Å². The number of amides is 1. The Morgan fingerprint density at radius 1 is 1.17 bits per heavy atom. The lowest BCUT2D eigenvalue weighted by Crippen LogP contribution is -2.15. The van der Waals surface area contributed by atoms with Crippen LogP contribution in [0.25, 0.3) is 0 Å². The number of carbonyl (C=O) groups excluding carboxylic acids is 1. The van der Waals surface area contributed by atoms with E-state index in [1.165, 1.54) is 0 Å². The molecule has 0 saturated heterocycles. The van der Waals surface area contributed by atoms with E-state index in [2.05, 4.69) is 15.5 Å². The van der Waals surface area contributed by atoms with Crippen LogP contribution in [0.1, 0.15) is 21.6 Å². The molecule has 5 heteroatoms. The fourth-order valence-corrected chi connectivity index (χ4v) is 1.52. The van der Waals surface area contributed by atoms with E-state index in [1.54, 1.807) is 12.1 Å². The minimum absolute atomic E-state index is 0.241. The summed E-state index contributed by atoms with van der Waals surface area (Å²) in [6.07, 6.45) is 0. The van der Waals surface area contributed by atoms with Gasteiger partial charge in [0.15, 0.2) is 5.69 Å². The Hall–Kier alpha value is -2.43. The zero-order valence-corrected chi connectivity index (χ0v) is 10.3. The summed E-state index contributed by atoms with van der Waals surface area (Å²) in [5, 5.41) is 10.2. The van der Waals surface area contributed by atoms with Crippen LogP contribution in [0.3, 0.4) is 0 Å². The van der Waals surface area contributed by atoms with Crippen LogP contribution in [0.5, 0.6) is 0 Å². The molecular weight excluding hydrogens is 228 g/mol. The quantitative estimate of drug-likeness (QED) is 0.843. The minimum Gasteiger partial charge on any atom is -0.382 e. The van der Waals surface area contributed by atoms with Crippen LogP contribution >= 0.6 is 0 Å². The van der Waals surface area contributed by atoms with Crippen LogP contribution in [-0.4, -0.2) is 16.1 Å². The van der Waals surface area contributed by atoms with Crippen LogP contribution in [0, 0.1) is 13.8 Å². The van der Waals surface area contributed by atoms with Gasteiger partial charge in [0.05, 0.1) is 0 Å². The third-order valence-electron chi connectivity index (χ3n) is 2.56. The molecule has 2 aromatic rings. The van der Waals surface area contributed by atoms with Crippen molar-refractivity contribution in [2.45, 2.75) is 13.8 Å². The van der Waals surface area contributed by atoms with Gasteiger partial charge in [-0.15, -0.1) is 10.2 Å². The van der Waals surface area contributed by atoms with E-state index in [1.807, 2.05) is 32.0 Å². The zero-order valence-electron chi connectivity index (χ0n) is 10.3. The van der Waals surface area contributed by atoms with E-state index in [0.29, 0.717) is 5.82 Å². The highest BCUT2D eigenvalue weighted by Crippen LogP contribution is 2.17. The Morgan fingerprint density at radius 3 is 2.61 bits per heavy atom. The predicted molar refractivity (Wildman–Crippen MR) is 70.3 cm³/mol. The Bertz CT molecular complexity index is 578. The largest absolute Gasteiger partial charge is 0.382 e. The lowest BCUT2D eigenvalue weighted by atomic mass is 10.1. The molecule has 3 N–H and O–H groups in total. The first kappa shape index (κ1) is 12.0. The molecule has 0 fully saturated rings. The maximum Gasteiger partial charge on any atom is 0.276 e. The first-order valence-electron chi connectivity index (χ1n) is 5.54. The van der Waals surface area contributed by atoms with Crippen LogP contribution in [-0.2, 0) is 0 Å². The van der Waals surface area contributed by atoms with Gasteiger partial charge in [-0.3, -0.25) is 4.79 Å². The van der Waals surface area contributed by atoms with Crippen LogP contribution in [0.2, 0.25) is 0 Å². The fourth-order valence-electron chi connectivity index (χ4n) is 1.52. The number of carbonyl (C=O) groups is 1. The molecule has 0 aliphatic heterocycles. The van der Waals surface area contributed by atoms with Gasteiger partial charge in [0.1, 0.15) is 5.82 Å². The van der Waals surface area contributed by atoms with Crippen molar-refractivity contribution in [1.29, 1.82) is 0 Å². The van der Waals surface area contributed by atoms with Gasteiger partial charge in [0.2, 0.25) is 0 Å². The number of benzene rings is 1. The van der Waals surface area contributed by atoms with Gasteiger partial charge in [-0.1, -0.05) is 12.1 Å². The molecule has 18 heavy (non-hydrogen) atoms. The van der Waals surface area contributed by atoms with Gasteiger partial charge in [0, 0.05) is 5.69 Å². The van der Waals surface area contributed by atoms with Crippen molar-refractivity contribution in [3.05, 3.63) is 47.2 Å². The van der Waals surface area contributed by atoms with Crippen molar-refractivity contribution >= 4 is 17.4 Å². The van der Waals surface area contributed by atoms with Crippen LogP contribution < -0.4 is 11.1 Å². The summed E-state index contributed by atoms with van der Waals surface area (Å²) in [5.41, 5.74) is 8.52. The molecule has 0 aliphatic rings. The zero-order chi connectivity index (χ0) is 13.1. The number of nitrogens with two attached hydrogens (primary N) is 1. The molecule has 2 rings (SSSR count). The van der Waals surface area contributed by atoms with E-state index in [9.17, 15) is 4.79 Å². The summed E-state index contributed by atoms with van der Waals surface area (Å²) in [6, 6.07) is 8.96. The molecule has 5 nitrogen and oxygen atoms in total. The Labute approximate surface area is 105 Å². The number of hydrogen-bond acceptors (Lipinski definition) is 4. The number of hydrogen-bond donors (Lipinski definition) is 2. The normalized spacial score (nSPS) is 10.1. The molecule has 1 aromatic carbocycles. The Morgan fingerprint density at radius 2 is 1.94 bits per heavy atom. The number of aryl methyl sites for hydroxylation is 2. The van der Waals surface area contributed by atoms with E-state index < -0.39 is 0 Å². The molecule has 0 spiro atoms. The summed E-state index contributed by atoms with van der Waals surface area (Å²) >= 11 is 0. The number of anilines is 2. The Balaban J connectivity index is 2.21. The predicted octanol–water partition coefficient (Wildman–Crippen LogP) is 1.93. The summed E-state index contributed by atoms with van der Waals surface area (Å²) in [4.78, 5) is 11.9. The lowest BCUT2D eigenvalue weighted by molar-refractivity contribution is 0.102. The lowest BCUT2D eigenvalue weighted by Gasteiger charge is -2.08. The summed E-state index contributed by atoms with van der Waals surface area (Å²) in [7, 11) is 0. The van der Waals surface area contributed by atoms with Crippen LogP contribution in [0.15, 0.2) is 30.3 Å². The molecule has 92 valence electrons. The molecule has 0 aliphatic carbocycles. The molecule has 1 heterocycles. The smallest absolute Gasteiger partial charge is 0.276 e. The monoisotopic (exact) mass is 242 g/mol. The first-order chi connectivity index (χ1) is 8.56. The highest BCUT2D eigenvalue weighted by Gasteiger charge is 2.09. The van der Waals surface area contributed by atoms with Gasteiger partial charge in [0.25, 0.3) is 5.91 Å². The van der Waals surface area contributed by atoms with Gasteiger partial charge in [-0.2, -0.15) is 0 Å². The topological polar surface area (TPSA) is 80.9 Å². The van der Waals surface area contributed by atoms with Gasteiger partial charge >= 0.3 is 0 Å².